The minimum atomic E-state index is -3.26. The van der Waals surface area contributed by atoms with Gasteiger partial charge in [0.15, 0.2) is 0 Å². The van der Waals surface area contributed by atoms with Gasteiger partial charge in [-0.2, -0.15) is 16.1 Å². The van der Waals surface area contributed by atoms with Crippen LogP contribution >= 0.6 is 39.0 Å². The van der Waals surface area contributed by atoms with Gasteiger partial charge >= 0.3 is 0 Å². The minimum Gasteiger partial charge on any atom is -0.206 e. The van der Waals surface area contributed by atoms with E-state index in [2.05, 4.69) is 15.9 Å². The molecule has 7 heteroatoms. The van der Waals surface area contributed by atoms with Crippen molar-refractivity contribution < 1.29 is 8.42 Å². The Labute approximate surface area is 106 Å². The standard InChI is InChI=1S/C8H10BrNO2S3/c9-7-1-4-14-8(7)15(11,12)10-2-5-13-6-3-10/h1,4H,2-3,5-6H2. The quantitative estimate of drug-likeness (QED) is 0.836. The fraction of sp³-hybridized carbons (Fsp3) is 0.500. The molecule has 0 aromatic carbocycles. The van der Waals surface area contributed by atoms with Crippen LogP contribution in [0.4, 0.5) is 0 Å². The van der Waals surface area contributed by atoms with Gasteiger partial charge in [0, 0.05) is 29.1 Å². The van der Waals surface area contributed by atoms with E-state index in [1.807, 2.05) is 0 Å². The van der Waals surface area contributed by atoms with Crippen LogP contribution in [0, 0.1) is 0 Å². The molecule has 1 aromatic heterocycles. The Morgan fingerprint density at radius 3 is 2.53 bits per heavy atom. The van der Waals surface area contributed by atoms with Crippen LogP contribution in [0.1, 0.15) is 0 Å². The maximum absolute atomic E-state index is 12.2. The number of thioether (sulfide) groups is 1. The highest BCUT2D eigenvalue weighted by Gasteiger charge is 2.28. The molecule has 1 fully saturated rings. The molecule has 2 rings (SSSR count). The summed E-state index contributed by atoms with van der Waals surface area (Å²) in [4.78, 5) is 0. The molecular formula is C8H10BrNO2S3. The smallest absolute Gasteiger partial charge is 0.206 e. The van der Waals surface area contributed by atoms with Gasteiger partial charge in [-0.15, -0.1) is 11.3 Å². The zero-order valence-corrected chi connectivity index (χ0v) is 11.9. The molecule has 2 heterocycles. The summed E-state index contributed by atoms with van der Waals surface area (Å²) >= 11 is 6.34. The van der Waals surface area contributed by atoms with Gasteiger partial charge in [0.1, 0.15) is 4.21 Å². The van der Waals surface area contributed by atoms with Gasteiger partial charge in [0.2, 0.25) is 0 Å². The maximum Gasteiger partial charge on any atom is 0.253 e. The third kappa shape index (κ3) is 2.41. The van der Waals surface area contributed by atoms with Gasteiger partial charge in [-0.05, 0) is 27.4 Å². The van der Waals surface area contributed by atoms with Gasteiger partial charge in [0.05, 0.1) is 0 Å². The molecule has 1 saturated heterocycles. The molecule has 0 N–H and O–H groups in total. The van der Waals surface area contributed by atoms with Gasteiger partial charge in [0.25, 0.3) is 10.0 Å². The lowest BCUT2D eigenvalue weighted by Crippen LogP contribution is -2.37. The molecule has 0 aliphatic carbocycles. The summed E-state index contributed by atoms with van der Waals surface area (Å²) in [6.07, 6.45) is 0. The molecule has 0 unspecified atom stereocenters. The van der Waals surface area contributed by atoms with Crippen LogP contribution < -0.4 is 0 Å². The molecule has 0 spiro atoms. The lowest BCUT2D eigenvalue weighted by Gasteiger charge is -2.25. The van der Waals surface area contributed by atoms with Crippen LogP contribution in [0.5, 0.6) is 0 Å². The van der Waals surface area contributed by atoms with E-state index in [-0.39, 0.29) is 0 Å². The van der Waals surface area contributed by atoms with Gasteiger partial charge in [-0.1, -0.05) is 0 Å². The van der Waals surface area contributed by atoms with E-state index in [1.165, 1.54) is 11.3 Å². The third-order valence-electron chi connectivity index (χ3n) is 2.13. The van der Waals surface area contributed by atoms with Crippen LogP contribution in [0.25, 0.3) is 0 Å². The average molecular weight is 328 g/mol. The molecule has 0 radical (unpaired) electrons. The van der Waals surface area contributed by atoms with Crippen LogP contribution in [-0.4, -0.2) is 37.3 Å². The summed E-state index contributed by atoms with van der Waals surface area (Å²) in [5, 5.41) is 1.79. The van der Waals surface area contributed by atoms with Crippen molar-refractivity contribution in [2.24, 2.45) is 0 Å². The number of rotatable bonds is 2. The zero-order valence-electron chi connectivity index (χ0n) is 7.85. The Bertz CT molecular complexity index is 436. The summed E-state index contributed by atoms with van der Waals surface area (Å²) in [6.45, 7) is 1.24. The summed E-state index contributed by atoms with van der Waals surface area (Å²) in [6, 6.07) is 1.77. The second kappa shape index (κ2) is 4.75. The second-order valence-corrected chi connectivity index (χ2v) is 8.20. The van der Waals surface area contributed by atoms with Gasteiger partial charge < -0.3 is 0 Å². The van der Waals surface area contributed by atoms with Crippen LogP contribution in [0.15, 0.2) is 20.1 Å². The summed E-state index contributed by atoms with van der Waals surface area (Å²) < 4.78 is 27.0. The van der Waals surface area contributed by atoms with Crippen LogP contribution in [0.3, 0.4) is 0 Å². The number of nitrogens with zero attached hydrogens (tertiary/aromatic N) is 1. The molecule has 1 aliphatic heterocycles. The Balaban J connectivity index is 2.30. The first-order valence-electron chi connectivity index (χ1n) is 4.43. The molecule has 1 aliphatic rings. The SMILES string of the molecule is O=S(=O)(c1sccc1Br)N1CCSCC1. The Kier molecular flexibility index (Phi) is 3.77. The lowest BCUT2D eigenvalue weighted by molar-refractivity contribution is 0.445. The summed E-state index contributed by atoms with van der Waals surface area (Å²) in [5.74, 6) is 1.78. The topological polar surface area (TPSA) is 37.4 Å². The highest BCUT2D eigenvalue weighted by molar-refractivity contribution is 9.10. The highest BCUT2D eigenvalue weighted by atomic mass is 79.9. The first kappa shape index (κ1) is 11.9. The van der Waals surface area contributed by atoms with Crippen LogP contribution in [0.2, 0.25) is 0 Å². The van der Waals surface area contributed by atoms with E-state index in [9.17, 15) is 8.42 Å². The predicted molar refractivity (Wildman–Crippen MR) is 68.1 cm³/mol. The Morgan fingerprint density at radius 1 is 1.33 bits per heavy atom. The van der Waals surface area contributed by atoms with Crippen molar-refractivity contribution >= 4 is 49.1 Å². The predicted octanol–water partition coefficient (Wildman–Crippen LogP) is 2.25. The summed E-state index contributed by atoms with van der Waals surface area (Å²) in [7, 11) is -3.26. The molecule has 15 heavy (non-hydrogen) atoms. The van der Waals surface area contributed by atoms with Crippen molar-refractivity contribution in [2.75, 3.05) is 24.6 Å². The molecule has 0 atom stereocenters. The van der Waals surface area contributed by atoms with E-state index >= 15 is 0 Å². The number of halogens is 1. The molecule has 84 valence electrons. The number of thiophene rings is 1. The first-order chi connectivity index (χ1) is 7.12. The molecule has 0 bridgehead atoms. The van der Waals surface area contributed by atoms with Crippen molar-refractivity contribution in [1.29, 1.82) is 0 Å². The minimum absolute atomic E-state index is 0.425. The normalized spacial score (nSPS) is 19.3. The molecule has 3 nitrogen and oxygen atoms in total. The second-order valence-electron chi connectivity index (χ2n) is 3.07. The van der Waals surface area contributed by atoms with Crippen molar-refractivity contribution in [3.8, 4) is 0 Å². The van der Waals surface area contributed by atoms with E-state index < -0.39 is 10.0 Å². The highest BCUT2D eigenvalue weighted by Crippen LogP contribution is 2.31. The molecule has 0 amide bonds. The van der Waals surface area contributed by atoms with Crippen molar-refractivity contribution in [1.82, 2.24) is 4.31 Å². The van der Waals surface area contributed by atoms with Crippen molar-refractivity contribution in [3.63, 3.8) is 0 Å². The number of hydrogen-bond donors (Lipinski definition) is 0. The van der Waals surface area contributed by atoms with Crippen molar-refractivity contribution in [2.45, 2.75) is 4.21 Å². The Hall–Kier alpha value is 0.440. The fourth-order valence-electron chi connectivity index (χ4n) is 1.37. The Morgan fingerprint density at radius 2 is 2.00 bits per heavy atom. The van der Waals surface area contributed by atoms with Gasteiger partial charge in [-0.25, -0.2) is 8.42 Å². The molecule has 1 aromatic rings. The largest absolute Gasteiger partial charge is 0.253 e. The van der Waals surface area contributed by atoms with Crippen LogP contribution in [-0.2, 0) is 10.0 Å². The van der Waals surface area contributed by atoms with E-state index in [4.69, 9.17) is 0 Å². The number of sulfonamides is 1. The lowest BCUT2D eigenvalue weighted by atomic mass is 10.6. The van der Waals surface area contributed by atoms with E-state index in [0.29, 0.717) is 21.8 Å². The third-order valence-corrected chi connectivity index (χ3v) is 7.62. The van der Waals surface area contributed by atoms with Gasteiger partial charge in [-0.3, -0.25) is 0 Å². The fourth-order valence-corrected chi connectivity index (χ4v) is 6.39. The first-order valence-corrected chi connectivity index (χ1v) is 8.70. The average Bonchev–Trinajstić information content (AvgIpc) is 2.66. The van der Waals surface area contributed by atoms with E-state index in [1.54, 1.807) is 27.5 Å². The molecule has 0 saturated carbocycles. The summed E-state index contributed by atoms with van der Waals surface area (Å²) in [5.41, 5.74) is 0. The zero-order chi connectivity index (χ0) is 10.9. The maximum atomic E-state index is 12.2. The number of hydrogen-bond acceptors (Lipinski definition) is 4. The van der Waals surface area contributed by atoms with Crippen molar-refractivity contribution in [3.05, 3.63) is 15.9 Å². The monoisotopic (exact) mass is 327 g/mol. The molecular weight excluding hydrogens is 318 g/mol. The van der Waals surface area contributed by atoms with E-state index in [0.717, 1.165) is 11.5 Å².